The van der Waals surface area contributed by atoms with Crippen molar-refractivity contribution in [3.05, 3.63) is 101 Å². The van der Waals surface area contributed by atoms with E-state index in [0.717, 1.165) is 22.3 Å². The molecule has 0 aliphatic carbocycles. The molecule has 0 spiro atoms. The largest absolute Gasteiger partial charge is 0.497 e. The monoisotopic (exact) mass is 409 g/mol. The first-order valence-corrected chi connectivity index (χ1v) is 9.97. The second kappa shape index (κ2) is 7.65. The Morgan fingerprint density at radius 1 is 0.839 bits per heavy atom. The molecular weight excluding hydrogens is 390 g/mol. The Balaban J connectivity index is 1.60. The van der Waals surface area contributed by atoms with E-state index >= 15 is 0 Å². The minimum absolute atomic E-state index is 0.311. The number of rotatable bonds is 5. The molecule has 4 aromatic rings. The maximum atomic E-state index is 13.2. The fraction of sp³-hybridized carbons (Fsp3) is 0.120. The smallest absolute Gasteiger partial charge is 0.262 e. The third-order valence-electron chi connectivity index (χ3n) is 5.53. The van der Waals surface area contributed by atoms with Crippen molar-refractivity contribution in [1.29, 1.82) is 0 Å². The summed E-state index contributed by atoms with van der Waals surface area (Å²) in [6, 6.07) is 21.4. The van der Waals surface area contributed by atoms with Crippen LogP contribution in [-0.2, 0) is 6.42 Å². The van der Waals surface area contributed by atoms with Crippen LogP contribution >= 0.6 is 0 Å². The summed E-state index contributed by atoms with van der Waals surface area (Å²) in [5, 5.41) is 0. The summed E-state index contributed by atoms with van der Waals surface area (Å²) in [6.45, 7) is 0. The molecule has 0 bridgehead atoms. The van der Waals surface area contributed by atoms with Crippen molar-refractivity contribution in [3.8, 4) is 5.75 Å². The summed E-state index contributed by atoms with van der Waals surface area (Å²) < 4.78 is 5.24. The number of para-hydroxylation sites is 2. The first kappa shape index (κ1) is 18.9. The molecular formula is C25H19N3O3. The normalized spacial score (nSPS) is 14.0. The number of methoxy groups -OCH3 is 1. The molecule has 6 nitrogen and oxygen atoms in total. The van der Waals surface area contributed by atoms with E-state index in [9.17, 15) is 9.59 Å². The SMILES string of the molecule is COc1ccc(C[C@H](c2cnc3ccccc3n2)N2C(=O)c3ccccc3C2=O)cc1. The highest BCUT2D eigenvalue weighted by Gasteiger charge is 2.41. The van der Waals surface area contributed by atoms with Crippen LogP contribution in [-0.4, -0.2) is 33.8 Å². The van der Waals surface area contributed by atoms with Crippen LogP contribution in [0.25, 0.3) is 11.0 Å². The quantitative estimate of drug-likeness (QED) is 0.462. The van der Waals surface area contributed by atoms with Crippen LogP contribution in [0.4, 0.5) is 0 Å². The zero-order valence-corrected chi connectivity index (χ0v) is 16.9. The van der Waals surface area contributed by atoms with E-state index < -0.39 is 6.04 Å². The van der Waals surface area contributed by atoms with Gasteiger partial charge in [-0.25, -0.2) is 4.98 Å². The lowest BCUT2D eigenvalue weighted by Gasteiger charge is -2.26. The van der Waals surface area contributed by atoms with Gasteiger partial charge in [-0.3, -0.25) is 19.5 Å². The fourth-order valence-corrected chi connectivity index (χ4v) is 3.94. The van der Waals surface area contributed by atoms with Gasteiger partial charge in [-0.1, -0.05) is 36.4 Å². The zero-order valence-electron chi connectivity index (χ0n) is 16.9. The number of amides is 2. The Bertz CT molecular complexity index is 1270. The van der Waals surface area contributed by atoms with Gasteiger partial charge in [0.15, 0.2) is 0 Å². The van der Waals surface area contributed by atoms with E-state index in [1.54, 1.807) is 37.6 Å². The van der Waals surface area contributed by atoms with Gasteiger partial charge in [-0.2, -0.15) is 0 Å². The number of hydrogen-bond donors (Lipinski definition) is 0. The fourth-order valence-electron chi connectivity index (χ4n) is 3.94. The van der Waals surface area contributed by atoms with Crippen molar-refractivity contribution < 1.29 is 14.3 Å². The summed E-state index contributed by atoms with van der Waals surface area (Å²) in [5.74, 6) is 0.120. The van der Waals surface area contributed by atoms with Crippen LogP contribution in [0.3, 0.4) is 0 Å². The molecule has 5 rings (SSSR count). The van der Waals surface area contributed by atoms with Crippen LogP contribution in [0.15, 0.2) is 79.0 Å². The van der Waals surface area contributed by atoms with Crippen LogP contribution in [0, 0.1) is 0 Å². The highest BCUT2D eigenvalue weighted by molar-refractivity contribution is 6.21. The number of imide groups is 1. The predicted octanol–water partition coefficient (Wildman–Crippen LogP) is 4.22. The number of fused-ring (bicyclic) bond motifs is 2. The molecule has 6 heteroatoms. The first-order valence-electron chi connectivity index (χ1n) is 9.97. The molecule has 3 aromatic carbocycles. The van der Waals surface area contributed by atoms with Gasteiger partial charge >= 0.3 is 0 Å². The van der Waals surface area contributed by atoms with E-state index in [1.165, 1.54) is 4.90 Å². The average molecular weight is 409 g/mol. The van der Waals surface area contributed by atoms with Crippen molar-refractivity contribution in [3.63, 3.8) is 0 Å². The van der Waals surface area contributed by atoms with E-state index in [1.807, 2.05) is 48.5 Å². The number of aromatic nitrogens is 2. The van der Waals surface area contributed by atoms with E-state index in [2.05, 4.69) is 4.98 Å². The molecule has 152 valence electrons. The summed E-state index contributed by atoms with van der Waals surface area (Å²) >= 11 is 0. The van der Waals surface area contributed by atoms with Gasteiger partial charge in [0.05, 0.1) is 47.2 Å². The molecule has 2 heterocycles. The lowest BCUT2D eigenvalue weighted by atomic mass is 10.0. The maximum absolute atomic E-state index is 13.2. The van der Waals surface area contributed by atoms with Crippen LogP contribution < -0.4 is 4.74 Å². The summed E-state index contributed by atoms with van der Waals surface area (Å²) in [4.78, 5) is 37.0. The van der Waals surface area contributed by atoms with Crippen molar-refractivity contribution in [2.75, 3.05) is 7.11 Å². The van der Waals surface area contributed by atoms with E-state index in [4.69, 9.17) is 9.72 Å². The Labute approximate surface area is 179 Å². The van der Waals surface area contributed by atoms with Gasteiger partial charge in [0.25, 0.3) is 11.8 Å². The highest BCUT2D eigenvalue weighted by atomic mass is 16.5. The second-order valence-electron chi connectivity index (χ2n) is 7.38. The molecule has 31 heavy (non-hydrogen) atoms. The summed E-state index contributed by atoms with van der Waals surface area (Å²) in [5.41, 5.74) is 3.84. The van der Waals surface area contributed by atoms with Gasteiger partial charge in [0, 0.05) is 0 Å². The molecule has 0 unspecified atom stereocenters. The number of hydrogen-bond acceptors (Lipinski definition) is 5. The van der Waals surface area contributed by atoms with Gasteiger partial charge in [-0.05, 0) is 48.4 Å². The lowest BCUT2D eigenvalue weighted by molar-refractivity contribution is 0.0578. The molecule has 0 saturated carbocycles. The summed E-state index contributed by atoms with van der Waals surface area (Å²) in [7, 11) is 1.61. The minimum atomic E-state index is -0.585. The molecule has 1 atom stereocenters. The summed E-state index contributed by atoms with van der Waals surface area (Å²) in [6.07, 6.45) is 2.07. The highest BCUT2D eigenvalue weighted by Crippen LogP contribution is 2.33. The van der Waals surface area contributed by atoms with Gasteiger partial charge in [0.2, 0.25) is 0 Å². The van der Waals surface area contributed by atoms with Crippen LogP contribution in [0.2, 0.25) is 0 Å². The Morgan fingerprint density at radius 2 is 1.45 bits per heavy atom. The molecule has 0 fully saturated rings. The molecule has 1 aromatic heterocycles. The number of carbonyl (C=O) groups excluding carboxylic acids is 2. The second-order valence-corrected chi connectivity index (χ2v) is 7.38. The van der Waals surface area contributed by atoms with Crippen molar-refractivity contribution in [2.24, 2.45) is 0 Å². The van der Waals surface area contributed by atoms with E-state index in [0.29, 0.717) is 23.2 Å². The third-order valence-corrected chi connectivity index (χ3v) is 5.53. The maximum Gasteiger partial charge on any atom is 0.262 e. The van der Waals surface area contributed by atoms with Crippen LogP contribution in [0.5, 0.6) is 5.75 Å². The van der Waals surface area contributed by atoms with E-state index in [-0.39, 0.29) is 11.8 Å². The van der Waals surface area contributed by atoms with Gasteiger partial charge in [-0.15, -0.1) is 0 Å². The topological polar surface area (TPSA) is 72.4 Å². The van der Waals surface area contributed by atoms with Crippen molar-refractivity contribution in [1.82, 2.24) is 14.9 Å². The van der Waals surface area contributed by atoms with Crippen molar-refractivity contribution >= 4 is 22.8 Å². The predicted molar refractivity (Wildman–Crippen MR) is 116 cm³/mol. The van der Waals surface area contributed by atoms with Gasteiger partial charge < -0.3 is 4.74 Å². The molecule has 1 aliphatic heterocycles. The molecule has 0 N–H and O–H groups in total. The number of benzene rings is 3. The molecule has 0 radical (unpaired) electrons. The first-order chi connectivity index (χ1) is 15.2. The van der Waals surface area contributed by atoms with Crippen LogP contribution in [0.1, 0.15) is 38.0 Å². The average Bonchev–Trinajstić information content (AvgIpc) is 3.08. The van der Waals surface area contributed by atoms with Gasteiger partial charge in [0.1, 0.15) is 5.75 Å². The Hall–Kier alpha value is -4.06. The Morgan fingerprint density at radius 3 is 2.10 bits per heavy atom. The van der Waals surface area contributed by atoms with Crippen molar-refractivity contribution in [2.45, 2.75) is 12.5 Å². The standard InChI is InChI=1S/C25H19N3O3/c1-31-17-12-10-16(11-13-17)14-23(22-15-26-20-8-4-5-9-21(20)27-22)28-24(29)18-6-2-3-7-19(18)25(28)30/h2-13,15,23H,14H2,1H3/t23-/m1/s1. The Kier molecular flexibility index (Phi) is 4.67. The number of carbonyl (C=O) groups is 2. The third kappa shape index (κ3) is 3.32. The molecule has 0 saturated heterocycles. The molecule has 1 aliphatic rings. The minimum Gasteiger partial charge on any atom is -0.497 e. The molecule has 2 amide bonds. The number of ether oxygens (including phenoxy) is 1. The zero-order chi connectivity index (χ0) is 21.4. The number of nitrogens with zero attached hydrogens (tertiary/aromatic N) is 3. The lowest BCUT2D eigenvalue weighted by Crippen LogP contribution is -2.36.